The monoisotopic (exact) mass is 1040 g/mol. The van der Waals surface area contributed by atoms with E-state index in [4.69, 9.17) is 33.2 Å². The molecule has 2 saturated heterocycles. The minimum absolute atomic E-state index is 0.266. The van der Waals surface area contributed by atoms with Crippen molar-refractivity contribution in [3.8, 4) is 0 Å². The van der Waals surface area contributed by atoms with Crippen molar-refractivity contribution < 1.29 is 72.8 Å². The number of rotatable bonds is 32. The summed E-state index contributed by atoms with van der Waals surface area (Å²) in [6.45, 7) is 8.94. The Morgan fingerprint density at radius 3 is 1.76 bits per heavy atom. The number of allylic oxidation sites excluding steroid dienone is 1. The fraction of sp³-hybridized carbons (Fsp3) is 0.633. The summed E-state index contributed by atoms with van der Waals surface area (Å²) >= 11 is 0. The summed E-state index contributed by atoms with van der Waals surface area (Å²) in [5.74, 6) is -2.47. The molecule has 0 aromatic heterocycles. The predicted molar refractivity (Wildman–Crippen MR) is 286 cm³/mol. The number of carbonyl (C=O) groups is 4. The summed E-state index contributed by atoms with van der Waals surface area (Å²) in [5, 5.41) is 50.6. The SMILES string of the molecule is CCCCCCC/C=C/C(=O)O[C@H]1[C@H](O[C@H]2[C@H](OC(CCCCCCC)CC(=O)OC(CCCCCCC)CC(=O)OCC(=O)c3ccc4ccc5cccc6ccc3c4c56)O[C@@H](C)[C@H](O)[C@H]2O)O[C@@H](C)[C@H](O)[C@H]1O. The highest BCUT2D eigenvalue weighted by molar-refractivity contribution is 6.26. The van der Waals surface area contributed by atoms with E-state index < -0.39 is 98.1 Å². The van der Waals surface area contributed by atoms with E-state index in [1.165, 1.54) is 13.0 Å². The fourth-order valence-electron chi connectivity index (χ4n) is 10.3. The smallest absolute Gasteiger partial charge is 0.330 e. The molecular weight excluding hydrogens is 961 g/mol. The van der Waals surface area contributed by atoms with E-state index in [0.717, 1.165) is 116 Å². The van der Waals surface area contributed by atoms with Gasteiger partial charge in [-0.05, 0) is 78.3 Å². The van der Waals surface area contributed by atoms with Crippen LogP contribution in [0.5, 0.6) is 0 Å². The highest BCUT2D eigenvalue weighted by Crippen LogP contribution is 2.37. The van der Waals surface area contributed by atoms with Crippen molar-refractivity contribution in [1.82, 2.24) is 0 Å². The van der Waals surface area contributed by atoms with Crippen LogP contribution in [-0.2, 0) is 47.5 Å². The molecule has 0 radical (unpaired) electrons. The van der Waals surface area contributed by atoms with Gasteiger partial charge in [-0.1, -0.05) is 165 Å². The standard InChI is InChI=1S/C60H84O15/c1-6-9-12-15-16-19-22-28-48(62)74-57-55(67)53(65)39(5)71-60(57)75-58-56(68)54(66)38(4)70-59(58)73-44(27-21-18-14-11-8-3)36-50(64)72-43(26-20-17-13-10-7-2)35-49(63)69-37-47(61)45-33-31-42-30-29-40-24-23-25-41-32-34-46(45)52(42)51(40)41/h22-25,28-34,38-39,43-44,53-60,65-68H,6-21,26-27,35-37H2,1-5H3/b28-22+/t38-,39-,43?,44?,53-,54-,55+,56+,57+,58+,59-,60-/m0/s1. The summed E-state index contributed by atoms with van der Waals surface area (Å²) < 4.78 is 42.2. The van der Waals surface area contributed by atoms with E-state index in [-0.39, 0.29) is 18.6 Å². The Morgan fingerprint density at radius 2 is 1.12 bits per heavy atom. The summed E-state index contributed by atoms with van der Waals surface area (Å²) in [5.41, 5.74) is 0.450. The third-order valence-corrected chi connectivity index (χ3v) is 14.7. The molecule has 0 amide bonds. The van der Waals surface area contributed by atoms with Gasteiger partial charge in [0.05, 0.1) is 31.2 Å². The van der Waals surface area contributed by atoms with Crippen LogP contribution in [0.2, 0.25) is 0 Å². The molecular formula is C60H84O15. The normalized spacial score (nSPS) is 25.0. The number of Topliss-reactive ketones (excluding diaryl/α,β-unsaturated/α-hetero) is 1. The molecule has 4 aromatic carbocycles. The average Bonchev–Trinajstić information content (AvgIpc) is 3.39. The van der Waals surface area contributed by atoms with E-state index in [1.807, 2.05) is 42.5 Å². The van der Waals surface area contributed by atoms with Crippen molar-refractivity contribution in [2.24, 2.45) is 0 Å². The quantitative estimate of drug-likeness (QED) is 0.00894. The molecule has 2 heterocycles. The van der Waals surface area contributed by atoms with Crippen LogP contribution in [0.25, 0.3) is 32.3 Å². The lowest BCUT2D eigenvalue weighted by molar-refractivity contribution is -0.366. The van der Waals surface area contributed by atoms with E-state index in [9.17, 15) is 39.6 Å². The molecule has 4 N–H and O–H groups in total. The molecule has 2 unspecified atom stereocenters. The molecule has 0 aliphatic carbocycles. The zero-order valence-electron chi connectivity index (χ0n) is 44.9. The van der Waals surface area contributed by atoms with Crippen molar-refractivity contribution in [2.45, 2.75) is 237 Å². The molecule has 0 saturated carbocycles. The number of esters is 3. The molecule has 6 rings (SSSR count). The summed E-state index contributed by atoms with van der Waals surface area (Å²) in [6, 6.07) is 17.8. The van der Waals surface area contributed by atoms with Crippen LogP contribution >= 0.6 is 0 Å². The second kappa shape index (κ2) is 30.4. The molecule has 0 spiro atoms. The second-order valence-electron chi connectivity index (χ2n) is 20.7. The number of ketones is 1. The lowest BCUT2D eigenvalue weighted by Crippen LogP contribution is -2.64. The van der Waals surface area contributed by atoms with E-state index in [2.05, 4.69) is 26.8 Å². The number of unbranched alkanes of at least 4 members (excludes halogenated alkanes) is 13. The summed E-state index contributed by atoms with van der Waals surface area (Å²) in [7, 11) is 0. The predicted octanol–water partition coefficient (Wildman–Crippen LogP) is 10.3. The molecule has 2 aliphatic heterocycles. The molecule has 2 aliphatic rings. The van der Waals surface area contributed by atoms with Crippen LogP contribution in [0.15, 0.2) is 66.7 Å². The Kier molecular flexibility index (Phi) is 24.2. The van der Waals surface area contributed by atoms with Crippen molar-refractivity contribution in [2.75, 3.05) is 6.61 Å². The number of aliphatic hydroxyl groups excluding tert-OH is 4. The molecule has 0 bridgehead atoms. The molecule has 414 valence electrons. The van der Waals surface area contributed by atoms with Crippen molar-refractivity contribution in [3.63, 3.8) is 0 Å². The zero-order chi connectivity index (χ0) is 53.9. The van der Waals surface area contributed by atoms with Crippen molar-refractivity contribution >= 4 is 56.0 Å². The van der Waals surface area contributed by atoms with E-state index in [1.54, 1.807) is 19.1 Å². The number of hydrogen-bond acceptors (Lipinski definition) is 15. The second-order valence-corrected chi connectivity index (χ2v) is 20.7. The van der Waals surface area contributed by atoms with Gasteiger partial charge >= 0.3 is 17.9 Å². The van der Waals surface area contributed by atoms with Gasteiger partial charge in [0.25, 0.3) is 0 Å². The molecule has 15 nitrogen and oxygen atoms in total. The molecule has 12 atom stereocenters. The third-order valence-electron chi connectivity index (χ3n) is 14.7. The maximum atomic E-state index is 14.1. The van der Waals surface area contributed by atoms with Crippen LogP contribution in [0.4, 0.5) is 0 Å². The number of hydrogen-bond donors (Lipinski definition) is 4. The lowest BCUT2D eigenvalue weighted by Gasteiger charge is -2.46. The van der Waals surface area contributed by atoms with Gasteiger partial charge in [0.15, 0.2) is 25.3 Å². The topological polar surface area (TPSA) is 214 Å². The van der Waals surface area contributed by atoms with Crippen molar-refractivity contribution in [3.05, 3.63) is 72.3 Å². The fourth-order valence-corrected chi connectivity index (χ4v) is 10.3. The maximum absolute atomic E-state index is 14.1. The number of ether oxygens (including phenoxy) is 7. The Labute approximate surface area is 442 Å². The molecule has 75 heavy (non-hydrogen) atoms. The van der Waals surface area contributed by atoms with Gasteiger partial charge in [-0.25, -0.2) is 4.79 Å². The molecule has 15 heteroatoms. The maximum Gasteiger partial charge on any atom is 0.330 e. The average molecular weight is 1050 g/mol. The van der Waals surface area contributed by atoms with Crippen LogP contribution in [-0.4, -0.2) is 124 Å². The minimum atomic E-state index is -1.64. The highest BCUT2D eigenvalue weighted by atomic mass is 16.8. The number of carbonyl (C=O) groups excluding carboxylic acids is 4. The largest absolute Gasteiger partial charge is 0.462 e. The van der Waals surface area contributed by atoms with E-state index in [0.29, 0.717) is 37.7 Å². The summed E-state index contributed by atoms with van der Waals surface area (Å²) in [6.07, 6.45) is 2.40. The molecule has 2 fully saturated rings. The number of aliphatic hydroxyl groups is 4. The first-order chi connectivity index (χ1) is 36.2. The Morgan fingerprint density at radius 1 is 0.587 bits per heavy atom. The van der Waals surface area contributed by atoms with Gasteiger partial charge in [-0.3, -0.25) is 14.4 Å². The highest BCUT2D eigenvalue weighted by Gasteiger charge is 2.51. The number of benzene rings is 4. The lowest BCUT2D eigenvalue weighted by atomic mass is 9.91. The first-order valence-corrected chi connectivity index (χ1v) is 28.0. The van der Waals surface area contributed by atoms with Gasteiger partial charge < -0.3 is 53.6 Å². The Balaban J connectivity index is 1.14. The first-order valence-electron chi connectivity index (χ1n) is 28.0. The van der Waals surface area contributed by atoms with Gasteiger partial charge in [-0.2, -0.15) is 0 Å². The van der Waals surface area contributed by atoms with Gasteiger partial charge in [-0.15, -0.1) is 0 Å². The van der Waals surface area contributed by atoms with Crippen LogP contribution in [0.3, 0.4) is 0 Å². The van der Waals surface area contributed by atoms with Gasteiger partial charge in [0.2, 0.25) is 5.78 Å². The first kappa shape index (κ1) is 59.7. The van der Waals surface area contributed by atoms with Crippen LogP contribution < -0.4 is 0 Å². The van der Waals surface area contributed by atoms with Crippen LogP contribution in [0, 0.1) is 0 Å². The summed E-state index contributed by atoms with van der Waals surface area (Å²) in [4.78, 5) is 54.4. The van der Waals surface area contributed by atoms with Crippen molar-refractivity contribution in [1.29, 1.82) is 0 Å². The zero-order valence-corrected chi connectivity index (χ0v) is 44.9. The Hall–Kier alpha value is -4.58. The van der Waals surface area contributed by atoms with Gasteiger partial charge in [0, 0.05) is 11.6 Å². The third kappa shape index (κ3) is 17.0. The molecule has 4 aromatic rings. The van der Waals surface area contributed by atoms with Crippen LogP contribution in [0.1, 0.15) is 173 Å². The minimum Gasteiger partial charge on any atom is -0.462 e. The van der Waals surface area contributed by atoms with Gasteiger partial charge in [0.1, 0.15) is 36.6 Å². The Bertz CT molecular complexity index is 2400. The van der Waals surface area contributed by atoms with E-state index >= 15 is 0 Å².